The first kappa shape index (κ1) is 19.8. The Bertz CT molecular complexity index is 813. The van der Waals surface area contributed by atoms with Crippen LogP contribution in [0.2, 0.25) is 0 Å². The quantitative estimate of drug-likeness (QED) is 0.412. The fourth-order valence-corrected chi connectivity index (χ4v) is 4.49. The summed E-state index contributed by atoms with van der Waals surface area (Å²) in [7, 11) is 0. The summed E-state index contributed by atoms with van der Waals surface area (Å²) in [6.07, 6.45) is 3.39. The van der Waals surface area contributed by atoms with Crippen LogP contribution in [0.15, 0.2) is 11.5 Å². The van der Waals surface area contributed by atoms with Gasteiger partial charge in [-0.25, -0.2) is 15.0 Å². The van der Waals surface area contributed by atoms with Crippen LogP contribution in [0.25, 0.3) is 11.2 Å². The van der Waals surface area contributed by atoms with E-state index in [0.29, 0.717) is 28.2 Å². The Hall–Kier alpha value is -1.46. The van der Waals surface area contributed by atoms with Crippen LogP contribution in [0, 0.1) is 0 Å². The number of aliphatic hydroxyl groups is 3. The molecule has 1 saturated carbocycles. The SMILES string of the molecule is CCSc1nc(NC2CCCCC2)c2ncn([C@@H]3O[C@H](CO)[C@@H](O)[C@H]3O)c2n1. The lowest BCUT2D eigenvalue weighted by Crippen LogP contribution is -2.33. The van der Waals surface area contributed by atoms with E-state index in [2.05, 4.69) is 20.3 Å². The van der Waals surface area contributed by atoms with Gasteiger partial charge in [0.15, 0.2) is 28.4 Å². The smallest absolute Gasteiger partial charge is 0.191 e. The highest BCUT2D eigenvalue weighted by Crippen LogP contribution is 2.33. The van der Waals surface area contributed by atoms with Gasteiger partial charge in [0, 0.05) is 6.04 Å². The van der Waals surface area contributed by atoms with Crippen LogP contribution in [0.3, 0.4) is 0 Å². The highest BCUT2D eigenvalue weighted by atomic mass is 32.2. The zero-order valence-electron chi connectivity index (χ0n) is 15.9. The monoisotopic (exact) mass is 409 g/mol. The maximum atomic E-state index is 10.4. The molecule has 1 aliphatic heterocycles. The number of nitrogens with zero attached hydrogens (tertiary/aromatic N) is 4. The Morgan fingerprint density at radius 1 is 1.21 bits per heavy atom. The second kappa shape index (κ2) is 8.50. The predicted molar refractivity (Wildman–Crippen MR) is 105 cm³/mol. The first-order valence-corrected chi connectivity index (χ1v) is 10.9. The van der Waals surface area contributed by atoms with Gasteiger partial charge < -0.3 is 25.4 Å². The van der Waals surface area contributed by atoms with Crippen molar-refractivity contribution < 1.29 is 20.1 Å². The van der Waals surface area contributed by atoms with E-state index < -0.39 is 24.5 Å². The van der Waals surface area contributed by atoms with Crippen molar-refractivity contribution in [1.29, 1.82) is 0 Å². The summed E-state index contributed by atoms with van der Waals surface area (Å²) < 4.78 is 7.28. The maximum Gasteiger partial charge on any atom is 0.191 e. The molecule has 2 aromatic heterocycles. The Morgan fingerprint density at radius 3 is 2.68 bits per heavy atom. The third kappa shape index (κ3) is 3.71. The first-order valence-electron chi connectivity index (χ1n) is 9.88. The van der Waals surface area contributed by atoms with E-state index in [-0.39, 0.29) is 6.61 Å². The van der Waals surface area contributed by atoms with Crippen LogP contribution in [0.1, 0.15) is 45.3 Å². The summed E-state index contributed by atoms with van der Waals surface area (Å²) in [4.78, 5) is 13.7. The van der Waals surface area contributed by atoms with Crippen LogP contribution in [0.5, 0.6) is 0 Å². The number of rotatable bonds is 6. The van der Waals surface area contributed by atoms with E-state index in [1.807, 2.05) is 6.92 Å². The van der Waals surface area contributed by atoms with Crippen molar-refractivity contribution in [2.75, 3.05) is 17.7 Å². The van der Waals surface area contributed by atoms with E-state index in [0.717, 1.165) is 18.6 Å². The molecular formula is C18H27N5O4S. The molecule has 2 fully saturated rings. The van der Waals surface area contributed by atoms with Gasteiger partial charge in [-0.3, -0.25) is 4.57 Å². The predicted octanol–water partition coefficient (Wildman–Crippen LogP) is 1.29. The third-order valence-corrected chi connectivity index (χ3v) is 6.14. The molecule has 0 unspecified atom stereocenters. The van der Waals surface area contributed by atoms with Gasteiger partial charge in [0.05, 0.1) is 12.9 Å². The lowest BCUT2D eigenvalue weighted by molar-refractivity contribution is -0.0511. The number of hydrogen-bond donors (Lipinski definition) is 4. The van der Waals surface area contributed by atoms with Gasteiger partial charge in [0.2, 0.25) is 0 Å². The Balaban J connectivity index is 1.71. The molecule has 0 amide bonds. The van der Waals surface area contributed by atoms with Crippen molar-refractivity contribution in [3.63, 3.8) is 0 Å². The molecule has 0 bridgehead atoms. The van der Waals surface area contributed by atoms with E-state index >= 15 is 0 Å². The number of imidazole rings is 1. The van der Waals surface area contributed by atoms with Gasteiger partial charge in [-0.2, -0.15) is 0 Å². The van der Waals surface area contributed by atoms with Crippen molar-refractivity contribution in [2.24, 2.45) is 0 Å². The van der Waals surface area contributed by atoms with Crippen LogP contribution >= 0.6 is 11.8 Å². The lowest BCUT2D eigenvalue weighted by Gasteiger charge is -2.23. The Kier molecular flexibility index (Phi) is 6.02. The summed E-state index contributed by atoms with van der Waals surface area (Å²) in [5, 5.41) is 34.0. The standard InChI is InChI=1S/C18H27N5O4S/c1-2-28-18-21-15(20-10-6-4-3-5-7-10)12-16(22-18)23(9-19-12)17-14(26)13(25)11(8-24)27-17/h9-11,13-14,17,24-26H,2-8H2,1H3,(H,20,21,22)/t11-,13-,14-,17-/m1/s1. The maximum absolute atomic E-state index is 10.4. The van der Waals surface area contributed by atoms with Crippen LogP contribution < -0.4 is 5.32 Å². The summed E-state index contributed by atoms with van der Waals surface area (Å²) in [6, 6.07) is 0.366. The van der Waals surface area contributed by atoms with Gasteiger partial charge in [-0.05, 0) is 18.6 Å². The molecular weight excluding hydrogens is 382 g/mol. The largest absolute Gasteiger partial charge is 0.394 e. The summed E-state index contributed by atoms with van der Waals surface area (Å²) in [5.41, 5.74) is 1.16. The molecule has 0 radical (unpaired) electrons. The van der Waals surface area contributed by atoms with Crippen LogP contribution in [0.4, 0.5) is 5.82 Å². The molecule has 10 heteroatoms. The molecule has 4 N–H and O–H groups in total. The molecule has 4 rings (SSSR count). The summed E-state index contributed by atoms with van der Waals surface area (Å²) in [5.74, 6) is 1.52. The average Bonchev–Trinajstić information content (AvgIpc) is 3.24. The van der Waals surface area contributed by atoms with E-state index in [1.54, 1.807) is 10.9 Å². The zero-order valence-corrected chi connectivity index (χ0v) is 16.7. The lowest BCUT2D eigenvalue weighted by atomic mass is 9.95. The number of fused-ring (bicyclic) bond motifs is 1. The van der Waals surface area contributed by atoms with Gasteiger partial charge in [0.1, 0.15) is 18.3 Å². The number of ether oxygens (including phenoxy) is 1. The van der Waals surface area contributed by atoms with Crippen molar-refractivity contribution in [2.45, 2.75) is 74.8 Å². The Labute approximate surface area is 167 Å². The average molecular weight is 410 g/mol. The van der Waals surface area contributed by atoms with Gasteiger partial charge in [-0.1, -0.05) is 37.9 Å². The highest BCUT2D eigenvalue weighted by Gasteiger charge is 2.44. The van der Waals surface area contributed by atoms with Crippen molar-refractivity contribution in [3.05, 3.63) is 6.33 Å². The summed E-state index contributed by atoms with van der Waals surface area (Å²) >= 11 is 1.53. The molecule has 3 heterocycles. The minimum atomic E-state index is -1.18. The summed E-state index contributed by atoms with van der Waals surface area (Å²) in [6.45, 7) is 1.66. The fraction of sp³-hybridized carbons (Fsp3) is 0.722. The van der Waals surface area contributed by atoms with Crippen LogP contribution in [-0.4, -0.2) is 71.6 Å². The molecule has 154 valence electrons. The number of thioether (sulfide) groups is 1. The minimum Gasteiger partial charge on any atom is -0.394 e. The first-order chi connectivity index (χ1) is 13.6. The van der Waals surface area contributed by atoms with E-state index in [4.69, 9.17) is 4.74 Å². The molecule has 4 atom stereocenters. The van der Waals surface area contributed by atoms with Crippen molar-refractivity contribution >= 4 is 28.7 Å². The number of aromatic nitrogens is 4. The highest BCUT2D eigenvalue weighted by molar-refractivity contribution is 7.99. The van der Waals surface area contributed by atoms with E-state index in [1.165, 1.54) is 31.0 Å². The van der Waals surface area contributed by atoms with Gasteiger partial charge >= 0.3 is 0 Å². The number of nitrogens with one attached hydrogen (secondary N) is 1. The fourth-order valence-electron chi connectivity index (χ4n) is 3.93. The molecule has 2 aromatic rings. The minimum absolute atomic E-state index is 0.366. The van der Waals surface area contributed by atoms with Gasteiger partial charge in [-0.15, -0.1) is 0 Å². The normalized spacial score (nSPS) is 28.9. The van der Waals surface area contributed by atoms with E-state index in [9.17, 15) is 15.3 Å². The zero-order chi connectivity index (χ0) is 19.7. The molecule has 28 heavy (non-hydrogen) atoms. The molecule has 2 aliphatic rings. The molecule has 0 spiro atoms. The number of anilines is 1. The second-order valence-electron chi connectivity index (χ2n) is 7.32. The molecule has 9 nitrogen and oxygen atoms in total. The third-order valence-electron chi connectivity index (χ3n) is 5.41. The number of aliphatic hydroxyl groups excluding tert-OH is 3. The van der Waals surface area contributed by atoms with Crippen LogP contribution in [-0.2, 0) is 4.74 Å². The second-order valence-corrected chi connectivity index (χ2v) is 8.55. The number of hydrogen-bond acceptors (Lipinski definition) is 9. The molecule has 1 aliphatic carbocycles. The van der Waals surface area contributed by atoms with Gasteiger partial charge in [0.25, 0.3) is 0 Å². The topological polar surface area (TPSA) is 126 Å². The molecule has 1 saturated heterocycles. The Morgan fingerprint density at radius 2 is 2.00 bits per heavy atom. The molecule has 0 aromatic carbocycles. The van der Waals surface area contributed by atoms with Crippen molar-refractivity contribution in [3.8, 4) is 0 Å². The van der Waals surface area contributed by atoms with Crippen molar-refractivity contribution in [1.82, 2.24) is 19.5 Å².